The van der Waals surface area contributed by atoms with Crippen molar-refractivity contribution in [3.05, 3.63) is 46.2 Å². The smallest absolute Gasteiger partial charge is 0.315 e. The number of carboxylic acids is 1. The average molecular weight is 323 g/mol. The first kappa shape index (κ1) is 13.8. The molecule has 1 aromatic carbocycles. The highest BCUT2D eigenvalue weighted by atomic mass is 79.9. The predicted octanol–water partition coefficient (Wildman–Crippen LogP) is 3.31. The number of aliphatic carboxylic acids is 1. The maximum absolute atomic E-state index is 11.2. The maximum Gasteiger partial charge on any atom is 0.315 e. The first-order valence-corrected chi connectivity index (χ1v) is 6.68. The third-order valence-electron chi connectivity index (χ3n) is 3.17. The Morgan fingerprint density at radius 1 is 1.37 bits per heavy atom. The van der Waals surface area contributed by atoms with Crippen LogP contribution < -0.4 is 0 Å². The molecule has 4 nitrogen and oxygen atoms in total. The second-order valence-corrected chi connectivity index (χ2v) is 5.92. The zero-order valence-electron chi connectivity index (χ0n) is 11.0. The summed E-state index contributed by atoms with van der Waals surface area (Å²) < 4.78 is 2.72. The molecule has 19 heavy (non-hydrogen) atoms. The van der Waals surface area contributed by atoms with Crippen LogP contribution in [0.3, 0.4) is 0 Å². The summed E-state index contributed by atoms with van der Waals surface area (Å²) in [7, 11) is 0. The van der Waals surface area contributed by atoms with Gasteiger partial charge in [0.25, 0.3) is 0 Å². The van der Waals surface area contributed by atoms with Gasteiger partial charge in [0.1, 0.15) is 5.41 Å². The molecule has 0 amide bonds. The molecule has 0 spiro atoms. The van der Waals surface area contributed by atoms with E-state index in [0.717, 1.165) is 15.7 Å². The minimum absolute atomic E-state index is 0.544. The summed E-state index contributed by atoms with van der Waals surface area (Å²) >= 11 is 3.42. The molecule has 0 radical (unpaired) electrons. The van der Waals surface area contributed by atoms with E-state index in [4.69, 9.17) is 0 Å². The van der Waals surface area contributed by atoms with Crippen molar-refractivity contribution >= 4 is 21.9 Å². The summed E-state index contributed by atoms with van der Waals surface area (Å²) in [6.07, 6.45) is 1.79. The Morgan fingerprint density at radius 2 is 2.05 bits per heavy atom. The Balaban J connectivity index is 2.44. The molecule has 2 aromatic rings. The molecule has 0 atom stereocenters. The van der Waals surface area contributed by atoms with Crippen LogP contribution in [0.15, 0.2) is 34.9 Å². The maximum atomic E-state index is 11.2. The molecular weight excluding hydrogens is 308 g/mol. The van der Waals surface area contributed by atoms with Crippen LogP contribution in [0.5, 0.6) is 0 Å². The molecule has 0 aliphatic carbocycles. The third-order valence-corrected chi connectivity index (χ3v) is 3.66. The lowest BCUT2D eigenvalue weighted by atomic mass is 9.90. The number of hydrogen-bond acceptors (Lipinski definition) is 2. The quantitative estimate of drug-likeness (QED) is 0.943. The SMILES string of the molecule is Cc1cc(Br)ccc1-n1ccc(C(C)(C)C(=O)O)n1. The largest absolute Gasteiger partial charge is 0.481 e. The van der Waals surface area contributed by atoms with Crippen molar-refractivity contribution in [2.24, 2.45) is 0 Å². The van der Waals surface area contributed by atoms with E-state index in [1.807, 2.05) is 25.1 Å². The Labute approximate surface area is 120 Å². The van der Waals surface area contributed by atoms with Gasteiger partial charge < -0.3 is 5.11 Å². The second kappa shape index (κ2) is 4.81. The van der Waals surface area contributed by atoms with Gasteiger partial charge in [-0.2, -0.15) is 5.10 Å². The number of hydrogen-bond donors (Lipinski definition) is 1. The number of aryl methyl sites for hydroxylation is 1. The Morgan fingerprint density at radius 3 is 2.63 bits per heavy atom. The molecular formula is C14H15BrN2O2. The van der Waals surface area contributed by atoms with Crippen LogP contribution in [0, 0.1) is 6.92 Å². The molecule has 0 aliphatic heterocycles. The summed E-state index contributed by atoms with van der Waals surface area (Å²) in [4.78, 5) is 11.2. The molecule has 0 saturated carbocycles. The first-order chi connectivity index (χ1) is 8.82. The van der Waals surface area contributed by atoms with Crippen LogP contribution in [0.25, 0.3) is 5.69 Å². The number of rotatable bonds is 3. The Kier molecular flexibility index (Phi) is 3.49. The van der Waals surface area contributed by atoms with Gasteiger partial charge in [0, 0.05) is 10.7 Å². The van der Waals surface area contributed by atoms with E-state index in [2.05, 4.69) is 21.0 Å². The van der Waals surface area contributed by atoms with Gasteiger partial charge in [0.2, 0.25) is 0 Å². The lowest BCUT2D eigenvalue weighted by molar-refractivity contribution is -0.142. The predicted molar refractivity (Wildman–Crippen MR) is 76.7 cm³/mol. The molecule has 100 valence electrons. The fourth-order valence-corrected chi connectivity index (χ4v) is 2.25. The second-order valence-electron chi connectivity index (χ2n) is 5.01. The molecule has 0 saturated heterocycles. The van der Waals surface area contributed by atoms with Crippen LogP contribution >= 0.6 is 15.9 Å². The van der Waals surface area contributed by atoms with Crippen LogP contribution in [0.4, 0.5) is 0 Å². The van der Waals surface area contributed by atoms with E-state index in [1.54, 1.807) is 30.8 Å². The summed E-state index contributed by atoms with van der Waals surface area (Å²) in [5.41, 5.74) is 1.56. The van der Waals surface area contributed by atoms with Crippen molar-refractivity contribution in [2.75, 3.05) is 0 Å². The van der Waals surface area contributed by atoms with Crippen LogP contribution in [0.2, 0.25) is 0 Å². The normalized spacial score (nSPS) is 11.6. The summed E-state index contributed by atoms with van der Waals surface area (Å²) in [6, 6.07) is 7.63. The van der Waals surface area contributed by atoms with Gasteiger partial charge in [0.15, 0.2) is 0 Å². The lowest BCUT2D eigenvalue weighted by Crippen LogP contribution is -2.29. The van der Waals surface area contributed by atoms with Gasteiger partial charge >= 0.3 is 5.97 Å². The minimum Gasteiger partial charge on any atom is -0.481 e. The lowest BCUT2D eigenvalue weighted by Gasteiger charge is -2.15. The topological polar surface area (TPSA) is 55.1 Å². The molecule has 5 heteroatoms. The highest BCUT2D eigenvalue weighted by Crippen LogP contribution is 2.24. The monoisotopic (exact) mass is 322 g/mol. The number of nitrogens with zero attached hydrogens (tertiary/aromatic N) is 2. The van der Waals surface area contributed by atoms with Crippen molar-refractivity contribution in [1.29, 1.82) is 0 Å². The number of halogens is 1. The highest BCUT2D eigenvalue weighted by molar-refractivity contribution is 9.10. The van der Waals surface area contributed by atoms with Gasteiger partial charge in [-0.25, -0.2) is 4.68 Å². The van der Waals surface area contributed by atoms with Crippen LogP contribution in [-0.4, -0.2) is 20.9 Å². The molecule has 0 aliphatic rings. The molecule has 1 aromatic heterocycles. The van der Waals surface area contributed by atoms with Crippen LogP contribution in [-0.2, 0) is 10.2 Å². The number of benzene rings is 1. The standard InChI is InChI=1S/C14H15BrN2O2/c1-9-8-10(15)4-5-11(9)17-7-6-12(16-17)14(2,3)13(18)19/h4-8H,1-3H3,(H,18,19). The van der Waals surface area contributed by atoms with Gasteiger partial charge in [-0.3, -0.25) is 4.79 Å². The molecule has 1 N–H and O–H groups in total. The zero-order valence-corrected chi connectivity index (χ0v) is 12.6. The zero-order chi connectivity index (χ0) is 14.2. The van der Waals surface area contributed by atoms with Crippen molar-refractivity contribution in [3.8, 4) is 5.69 Å². The summed E-state index contributed by atoms with van der Waals surface area (Å²) in [6.45, 7) is 5.29. The molecule has 0 unspecified atom stereocenters. The van der Waals surface area contributed by atoms with E-state index in [9.17, 15) is 9.90 Å². The molecule has 0 fully saturated rings. The molecule has 0 bridgehead atoms. The van der Waals surface area contributed by atoms with Crippen LogP contribution in [0.1, 0.15) is 25.1 Å². The summed E-state index contributed by atoms with van der Waals surface area (Å²) in [5, 5.41) is 13.6. The minimum atomic E-state index is -0.992. The van der Waals surface area contributed by atoms with E-state index >= 15 is 0 Å². The van der Waals surface area contributed by atoms with E-state index in [-0.39, 0.29) is 0 Å². The number of carbonyl (C=O) groups is 1. The Bertz CT molecular complexity index is 632. The Hall–Kier alpha value is -1.62. The van der Waals surface area contributed by atoms with Crippen molar-refractivity contribution in [3.63, 3.8) is 0 Å². The van der Waals surface area contributed by atoms with Crippen molar-refractivity contribution in [1.82, 2.24) is 9.78 Å². The molecule has 1 heterocycles. The van der Waals surface area contributed by atoms with Gasteiger partial charge in [-0.15, -0.1) is 0 Å². The van der Waals surface area contributed by atoms with Crippen molar-refractivity contribution in [2.45, 2.75) is 26.2 Å². The first-order valence-electron chi connectivity index (χ1n) is 5.88. The molecule has 2 rings (SSSR count). The number of aromatic nitrogens is 2. The third kappa shape index (κ3) is 2.56. The fraction of sp³-hybridized carbons (Fsp3) is 0.286. The fourth-order valence-electron chi connectivity index (χ4n) is 1.78. The average Bonchev–Trinajstić information content (AvgIpc) is 2.78. The van der Waals surface area contributed by atoms with Gasteiger partial charge in [0.05, 0.1) is 11.4 Å². The van der Waals surface area contributed by atoms with E-state index in [1.165, 1.54) is 0 Å². The summed E-state index contributed by atoms with van der Waals surface area (Å²) in [5.74, 6) is -0.884. The van der Waals surface area contributed by atoms with Gasteiger partial charge in [-0.05, 0) is 50.6 Å². The van der Waals surface area contributed by atoms with E-state index < -0.39 is 11.4 Å². The van der Waals surface area contributed by atoms with Gasteiger partial charge in [-0.1, -0.05) is 15.9 Å². The number of carboxylic acid groups (broad SMARTS) is 1. The highest BCUT2D eigenvalue weighted by Gasteiger charge is 2.32. The van der Waals surface area contributed by atoms with E-state index in [0.29, 0.717) is 5.69 Å². The van der Waals surface area contributed by atoms with Crippen molar-refractivity contribution < 1.29 is 9.90 Å².